The zero-order valence-electron chi connectivity index (χ0n) is 15.5. The van der Waals surface area contributed by atoms with E-state index in [0.29, 0.717) is 13.2 Å². The van der Waals surface area contributed by atoms with Gasteiger partial charge in [-0.1, -0.05) is 77.6 Å². The number of hydrogen-bond acceptors (Lipinski definition) is 4. The molecular weight excluding hydrogens is 328 g/mol. The molecule has 0 aliphatic rings. The van der Waals surface area contributed by atoms with E-state index < -0.39 is 10.1 Å². The van der Waals surface area contributed by atoms with Crippen molar-refractivity contribution in [3.8, 4) is 0 Å². The first-order valence-corrected chi connectivity index (χ1v) is 11.3. The van der Waals surface area contributed by atoms with Gasteiger partial charge in [-0.3, -0.25) is 4.55 Å². The van der Waals surface area contributed by atoms with Gasteiger partial charge in [-0.05, 0) is 6.42 Å². The first kappa shape index (κ1) is 23.8. The minimum Gasteiger partial charge on any atom is -0.379 e. The van der Waals surface area contributed by atoms with Crippen molar-refractivity contribution in [2.75, 3.05) is 32.2 Å². The average molecular weight is 367 g/mol. The van der Waals surface area contributed by atoms with Crippen LogP contribution in [0.4, 0.5) is 0 Å². The summed E-state index contributed by atoms with van der Waals surface area (Å²) in [4.78, 5) is 0. The lowest BCUT2D eigenvalue weighted by Gasteiger charge is -2.05. The summed E-state index contributed by atoms with van der Waals surface area (Å²) in [6.45, 7) is 3.85. The molecule has 0 bridgehead atoms. The molecule has 0 spiro atoms. The molecule has 24 heavy (non-hydrogen) atoms. The van der Waals surface area contributed by atoms with Crippen molar-refractivity contribution in [3.63, 3.8) is 0 Å². The molecule has 0 aliphatic heterocycles. The maximum Gasteiger partial charge on any atom is 0.267 e. The van der Waals surface area contributed by atoms with Crippen LogP contribution in [-0.2, 0) is 19.6 Å². The van der Waals surface area contributed by atoms with E-state index in [9.17, 15) is 8.42 Å². The van der Waals surface area contributed by atoms with Crippen molar-refractivity contribution in [1.29, 1.82) is 0 Å². The van der Waals surface area contributed by atoms with Crippen LogP contribution in [0.2, 0.25) is 0 Å². The third kappa shape index (κ3) is 21.8. The molecule has 0 rings (SSSR count). The molecule has 1 N–H and O–H groups in total. The lowest BCUT2D eigenvalue weighted by Crippen LogP contribution is -2.13. The van der Waals surface area contributed by atoms with Gasteiger partial charge in [0.2, 0.25) is 0 Å². The summed E-state index contributed by atoms with van der Waals surface area (Å²) in [6.07, 6.45) is 15.9. The molecule has 0 aromatic heterocycles. The summed E-state index contributed by atoms with van der Waals surface area (Å²) in [5.74, 6) is -0.355. The molecule has 0 atom stereocenters. The van der Waals surface area contributed by atoms with Gasteiger partial charge < -0.3 is 9.47 Å². The lowest BCUT2D eigenvalue weighted by molar-refractivity contribution is 0.0516. The largest absolute Gasteiger partial charge is 0.379 e. The van der Waals surface area contributed by atoms with Gasteiger partial charge in [0.25, 0.3) is 10.1 Å². The van der Waals surface area contributed by atoms with Crippen LogP contribution >= 0.6 is 0 Å². The fraction of sp³-hybridized carbons (Fsp3) is 1.00. The molecule has 6 heteroatoms. The molecule has 0 fully saturated rings. The Hall–Kier alpha value is -0.170. The van der Waals surface area contributed by atoms with Gasteiger partial charge in [0.15, 0.2) is 0 Å². The highest BCUT2D eigenvalue weighted by atomic mass is 32.2. The van der Waals surface area contributed by atoms with E-state index in [2.05, 4.69) is 6.92 Å². The van der Waals surface area contributed by atoms with Crippen LogP contribution in [0.3, 0.4) is 0 Å². The first-order chi connectivity index (χ1) is 11.6. The van der Waals surface area contributed by atoms with Gasteiger partial charge in [-0.25, -0.2) is 0 Å². The van der Waals surface area contributed by atoms with Gasteiger partial charge in [0.05, 0.1) is 25.6 Å². The van der Waals surface area contributed by atoms with Gasteiger partial charge in [-0.2, -0.15) is 8.42 Å². The third-order valence-corrected chi connectivity index (χ3v) is 4.68. The molecule has 0 heterocycles. The zero-order chi connectivity index (χ0) is 17.9. The molecule has 0 saturated carbocycles. The number of unbranched alkanes of at least 4 members (excludes halogenated alkanes) is 11. The van der Waals surface area contributed by atoms with E-state index in [-0.39, 0.29) is 12.4 Å². The van der Waals surface area contributed by atoms with Gasteiger partial charge >= 0.3 is 0 Å². The summed E-state index contributed by atoms with van der Waals surface area (Å²) in [7, 11) is -3.91. The Balaban J connectivity index is 3.03. The van der Waals surface area contributed by atoms with Crippen molar-refractivity contribution in [2.45, 2.75) is 84.0 Å². The van der Waals surface area contributed by atoms with Crippen LogP contribution in [0, 0.1) is 0 Å². The van der Waals surface area contributed by atoms with E-state index in [0.717, 1.165) is 13.0 Å². The molecule has 0 aromatic carbocycles. The van der Waals surface area contributed by atoms with Crippen molar-refractivity contribution in [3.05, 3.63) is 0 Å². The Bertz CT molecular complexity index is 343. The van der Waals surface area contributed by atoms with E-state index >= 15 is 0 Å². The summed E-state index contributed by atoms with van der Waals surface area (Å²) >= 11 is 0. The third-order valence-electron chi connectivity index (χ3n) is 4.00. The lowest BCUT2D eigenvalue weighted by atomic mass is 10.1. The second-order valence-electron chi connectivity index (χ2n) is 6.40. The average Bonchev–Trinajstić information content (AvgIpc) is 2.52. The Kier molecular flexibility index (Phi) is 17.5. The maximum absolute atomic E-state index is 10.4. The molecule has 146 valence electrons. The maximum atomic E-state index is 10.4. The summed E-state index contributed by atoms with van der Waals surface area (Å²) in [6, 6.07) is 0. The van der Waals surface area contributed by atoms with Gasteiger partial charge in [0, 0.05) is 6.61 Å². The van der Waals surface area contributed by atoms with Crippen molar-refractivity contribution in [1.82, 2.24) is 0 Å². The van der Waals surface area contributed by atoms with E-state index in [1.165, 1.54) is 70.6 Å². The Labute approximate surface area is 149 Å². The molecule has 0 saturated heterocycles. The molecule has 0 amide bonds. The van der Waals surface area contributed by atoms with Gasteiger partial charge in [0.1, 0.15) is 0 Å². The van der Waals surface area contributed by atoms with Crippen LogP contribution in [-0.4, -0.2) is 45.2 Å². The van der Waals surface area contributed by atoms with E-state index in [1.807, 2.05) is 0 Å². The summed E-state index contributed by atoms with van der Waals surface area (Å²) in [5.41, 5.74) is 0. The van der Waals surface area contributed by atoms with Crippen LogP contribution < -0.4 is 0 Å². The Morgan fingerprint density at radius 3 is 1.50 bits per heavy atom. The van der Waals surface area contributed by atoms with Crippen LogP contribution in [0.1, 0.15) is 84.0 Å². The highest BCUT2D eigenvalue weighted by Gasteiger charge is 2.03. The van der Waals surface area contributed by atoms with Crippen LogP contribution in [0.15, 0.2) is 0 Å². The second-order valence-corrected chi connectivity index (χ2v) is 7.97. The normalized spacial score (nSPS) is 11.9. The quantitative estimate of drug-likeness (QED) is 0.267. The topological polar surface area (TPSA) is 72.8 Å². The standard InChI is InChI=1S/C18H38O5S/c1-2-3-4-5-6-7-8-9-10-11-12-13-14-22-15-16-23-17-18-24(19,20)21/h2-18H2,1H3,(H,19,20,21). The molecule has 5 nitrogen and oxygen atoms in total. The highest BCUT2D eigenvalue weighted by Crippen LogP contribution is 2.11. The molecule has 0 unspecified atom stereocenters. The zero-order valence-corrected chi connectivity index (χ0v) is 16.3. The van der Waals surface area contributed by atoms with Crippen molar-refractivity contribution in [2.24, 2.45) is 0 Å². The Morgan fingerprint density at radius 2 is 1.04 bits per heavy atom. The minimum atomic E-state index is -3.91. The van der Waals surface area contributed by atoms with E-state index in [1.54, 1.807) is 0 Å². The SMILES string of the molecule is CCCCCCCCCCCCCCOCCOCCS(=O)(=O)O. The van der Waals surface area contributed by atoms with Gasteiger partial charge in [-0.15, -0.1) is 0 Å². The predicted molar refractivity (Wildman–Crippen MR) is 99.1 cm³/mol. The number of hydrogen-bond donors (Lipinski definition) is 1. The fourth-order valence-corrected chi connectivity index (χ4v) is 2.86. The fourth-order valence-electron chi connectivity index (χ4n) is 2.53. The summed E-state index contributed by atoms with van der Waals surface area (Å²) < 4.78 is 39.9. The highest BCUT2D eigenvalue weighted by molar-refractivity contribution is 7.85. The second kappa shape index (κ2) is 17.6. The van der Waals surface area contributed by atoms with Crippen LogP contribution in [0.5, 0.6) is 0 Å². The van der Waals surface area contributed by atoms with Crippen LogP contribution in [0.25, 0.3) is 0 Å². The molecule has 0 radical (unpaired) electrons. The van der Waals surface area contributed by atoms with Crippen molar-refractivity contribution >= 4 is 10.1 Å². The monoisotopic (exact) mass is 366 g/mol. The van der Waals surface area contributed by atoms with E-state index in [4.69, 9.17) is 14.0 Å². The Morgan fingerprint density at radius 1 is 0.625 bits per heavy atom. The van der Waals surface area contributed by atoms with Crippen molar-refractivity contribution < 1.29 is 22.4 Å². The minimum absolute atomic E-state index is 0.0147. The summed E-state index contributed by atoms with van der Waals surface area (Å²) in [5, 5.41) is 0. The number of ether oxygens (including phenoxy) is 2. The molecule has 0 aromatic rings. The predicted octanol–water partition coefficient (Wildman–Crippen LogP) is 4.61. The smallest absolute Gasteiger partial charge is 0.267 e. The first-order valence-electron chi connectivity index (χ1n) is 9.67. The molecule has 0 aliphatic carbocycles. The molecular formula is C18H38O5S. The number of rotatable bonds is 19.